The number of thiophene rings is 2. The van der Waals surface area contributed by atoms with E-state index < -0.39 is 23.3 Å². The number of nitrogens with zero attached hydrogens (tertiary/aromatic N) is 2. The number of benzene rings is 6. The van der Waals surface area contributed by atoms with Gasteiger partial charge >= 0.3 is 0 Å². The molecule has 2 N–H and O–H groups in total. The number of ether oxygens (including phenoxy) is 2. The number of unbranched alkanes of at least 4 members (excludes halogenated alkanes) is 1. The average molecular weight is 1020 g/mol. The summed E-state index contributed by atoms with van der Waals surface area (Å²) in [6, 6.07) is 29.7. The first kappa shape index (κ1) is 48.5. The van der Waals surface area contributed by atoms with E-state index in [0.29, 0.717) is 51.7 Å². The molecule has 3 atom stereocenters. The summed E-state index contributed by atoms with van der Waals surface area (Å²) in [4.78, 5) is 0.654. The van der Waals surface area contributed by atoms with Gasteiger partial charge in [-0.15, -0.1) is 22.7 Å². The lowest BCUT2D eigenvalue weighted by Crippen LogP contribution is -2.05. The Balaban J connectivity index is 0.818. The fourth-order valence-corrected chi connectivity index (χ4v) is 12.8. The van der Waals surface area contributed by atoms with Gasteiger partial charge in [0.2, 0.25) is 0 Å². The Labute approximate surface area is 429 Å². The van der Waals surface area contributed by atoms with E-state index in [1.807, 2.05) is 38.1 Å². The molecule has 1 saturated carbocycles. The lowest BCUT2D eigenvalue weighted by Gasteiger charge is -2.14. The molecular weight excluding hydrogens is 965 g/mol. The van der Waals surface area contributed by atoms with Gasteiger partial charge in [0.25, 0.3) is 0 Å². The van der Waals surface area contributed by atoms with Gasteiger partial charge < -0.3 is 28.8 Å². The summed E-state index contributed by atoms with van der Waals surface area (Å²) in [6.45, 7) is 10.9. The quantitative estimate of drug-likeness (QED) is 0.0704. The van der Waals surface area contributed by atoms with Gasteiger partial charge in [-0.05, 0) is 129 Å². The van der Waals surface area contributed by atoms with Gasteiger partial charge in [0, 0.05) is 55.6 Å². The van der Waals surface area contributed by atoms with E-state index >= 15 is 8.78 Å². The maximum absolute atomic E-state index is 15.1. The van der Waals surface area contributed by atoms with Gasteiger partial charge in [-0.25, -0.2) is 17.6 Å². The average Bonchev–Trinajstić information content (AvgIpc) is 3.57. The second-order valence-corrected chi connectivity index (χ2v) is 21.6. The van der Waals surface area contributed by atoms with E-state index in [1.54, 1.807) is 0 Å². The van der Waals surface area contributed by atoms with Crippen molar-refractivity contribution < 1.29 is 37.2 Å². The molecule has 1 fully saturated rings. The van der Waals surface area contributed by atoms with Crippen LogP contribution in [0.2, 0.25) is 0 Å². The van der Waals surface area contributed by atoms with Gasteiger partial charge in [-0.2, -0.15) is 0 Å². The topological polar surface area (TPSA) is 68.8 Å². The number of halogens is 4. The van der Waals surface area contributed by atoms with E-state index in [2.05, 4.69) is 89.2 Å². The molecule has 6 nitrogen and oxygen atoms in total. The van der Waals surface area contributed by atoms with Gasteiger partial charge in [0.1, 0.15) is 11.5 Å². The Morgan fingerprint density at radius 2 is 1.05 bits per heavy atom. The SMILES string of the molecule is CCCC(C)c1ccc2c(c1)c1cc(C)ccc1n2-c1csc(-c2cc(F)c(F)cc2OCCCCOc2cc(F)c(F)cc2-c2scc(-n3c4ccc(C)cc4c4cc(C5CC5CCC)ccc43)c2O)c1O. The van der Waals surface area contributed by atoms with Crippen molar-refractivity contribution in [2.45, 2.75) is 91.4 Å². The first-order chi connectivity index (χ1) is 35.3. The van der Waals surface area contributed by atoms with Crippen molar-refractivity contribution >= 4 is 66.3 Å². The van der Waals surface area contributed by atoms with Crippen LogP contribution in [0.5, 0.6) is 23.0 Å². The van der Waals surface area contributed by atoms with E-state index in [-0.39, 0.29) is 47.3 Å². The molecule has 0 amide bonds. The summed E-state index contributed by atoms with van der Waals surface area (Å²) in [5, 5.41) is 31.9. The summed E-state index contributed by atoms with van der Waals surface area (Å²) < 4.78 is 76.2. The Bertz CT molecular complexity index is 3750. The summed E-state index contributed by atoms with van der Waals surface area (Å²) >= 11 is 2.43. The van der Waals surface area contributed by atoms with Crippen molar-refractivity contribution in [2.75, 3.05) is 13.2 Å². The van der Waals surface area contributed by atoms with Gasteiger partial charge in [0.05, 0.1) is 56.4 Å². The second-order valence-electron chi connectivity index (χ2n) is 19.9. The lowest BCUT2D eigenvalue weighted by molar-refractivity contribution is 0.265. The van der Waals surface area contributed by atoms with E-state index in [1.165, 1.54) is 53.1 Å². The molecule has 0 spiro atoms. The first-order valence-corrected chi connectivity index (χ1v) is 27.0. The number of hydrogen-bond acceptors (Lipinski definition) is 6. The standard InChI is InChI=1S/C61H56F4N2O4S2/c1-6-10-35(5)36-14-18-52-42(24-36)40-22-33(3)12-16-50(40)66(52)54-31-72-60(58(54)68)44-27-46(62)48(64)29-56(44)70-20-8-9-21-71-57-30-49(65)47(63)28-45(57)61-59(69)55(32-73-61)67-51-17-13-34(4)23-41(51)43-26-38(15-19-53(43)67)39-25-37(39)11-7-2/h12-19,22-24,26-32,35,37,39,68-69H,6-11,20-21,25H2,1-5H3. The lowest BCUT2D eigenvalue weighted by atomic mass is 9.95. The van der Waals surface area contributed by atoms with Crippen LogP contribution in [0.1, 0.15) is 99.8 Å². The molecule has 3 unspecified atom stereocenters. The largest absolute Gasteiger partial charge is 0.504 e. The zero-order valence-corrected chi connectivity index (χ0v) is 43.1. The molecule has 6 aromatic carbocycles. The number of aryl methyl sites for hydroxylation is 2. The maximum Gasteiger partial charge on any atom is 0.162 e. The third-order valence-electron chi connectivity index (χ3n) is 14.8. The Kier molecular flexibility index (Phi) is 13.0. The van der Waals surface area contributed by atoms with Gasteiger partial charge in [-0.1, -0.05) is 75.4 Å². The highest BCUT2D eigenvalue weighted by atomic mass is 32.1. The Morgan fingerprint density at radius 1 is 0.589 bits per heavy atom. The highest BCUT2D eigenvalue weighted by Gasteiger charge is 2.37. The van der Waals surface area contributed by atoms with Crippen molar-refractivity contribution in [2.24, 2.45) is 5.92 Å². The molecule has 73 heavy (non-hydrogen) atoms. The Morgan fingerprint density at radius 3 is 1.56 bits per heavy atom. The fourth-order valence-electron chi connectivity index (χ4n) is 10.9. The van der Waals surface area contributed by atoms with E-state index in [0.717, 1.165) is 91.8 Å². The predicted octanol–water partition coefficient (Wildman–Crippen LogP) is 18.0. The third kappa shape index (κ3) is 8.79. The fraction of sp³-hybridized carbons (Fsp3) is 0.279. The smallest absolute Gasteiger partial charge is 0.162 e. The zero-order valence-electron chi connectivity index (χ0n) is 41.4. The van der Waals surface area contributed by atoms with Crippen LogP contribution in [0.15, 0.2) is 108 Å². The summed E-state index contributed by atoms with van der Waals surface area (Å²) in [6.07, 6.45) is 6.51. The molecule has 1 aliphatic carbocycles. The minimum atomic E-state index is -1.09. The molecule has 4 heterocycles. The molecule has 0 bridgehead atoms. The predicted molar refractivity (Wildman–Crippen MR) is 290 cm³/mol. The van der Waals surface area contributed by atoms with Crippen molar-refractivity contribution in [3.63, 3.8) is 0 Å². The highest BCUT2D eigenvalue weighted by molar-refractivity contribution is 7.14. The number of hydrogen-bond donors (Lipinski definition) is 2. The summed E-state index contributed by atoms with van der Waals surface area (Å²) in [5.74, 6) is -2.73. The van der Waals surface area contributed by atoms with E-state index in [9.17, 15) is 19.0 Å². The third-order valence-corrected chi connectivity index (χ3v) is 16.7. The molecule has 0 radical (unpaired) electrons. The number of rotatable bonds is 17. The molecular formula is C61H56F4N2O4S2. The minimum Gasteiger partial charge on any atom is -0.504 e. The van der Waals surface area contributed by atoms with Crippen LogP contribution in [-0.4, -0.2) is 32.6 Å². The zero-order chi connectivity index (χ0) is 50.8. The molecule has 12 heteroatoms. The normalized spacial score (nSPS) is 15.1. The highest BCUT2D eigenvalue weighted by Crippen LogP contribution is 2.53. The number of aromatic nitrogens is 2. The van der Waals surface area contributed by atoms with Crippen molar-refractivity contribution in [3.05, 3.63) is 153 Å². The van der Waals surface area contributed by atoms with Crippen LogP contribution in [0.4, 0.5) is 17.6 Å². The minimum absolute atomic E-state index is 0.0603. The van der Waals surface area contributed by atoms with Crippen molar-refractivity contribution in [1.29, 1.82) is 0 Å². The number of fused-ring (bicyclic) bond motifs is 6. The Hall–Kier alpha value is -6.76. The summed E-state index contributed by atoms with van der Waals surface area (Å²) in [7, 11) is 0. The maximum atomic E-state index is 15.1. The molecule has 11 rings (SSSR count). The van der Waals surface area contributed by atoms with Crippen LogP contribution in [-0.2, 0) is 0 Å². The second kappa shape index (κ2) is 19.6. The molecule has 0 aliphatic heterocycles. The van der Waals surface area contributed by atoms with Crippen LogP contribution < -0.4 is 9.47 Å². The van der Waals surface area contributed by atoms with Crippen LogP contribution >= 0.6 is 22.7 Å². The van der Waals surface area contributed by atoms with E-state index in [4.69, 9.17) is 9.47 Å². The molecule has 1 aliphatic rings. The van der Waals surface area contributed by atoms with Crippen LogP contribution in [0.25, 0.3) is 75.9 Å². The molecule has 10 aromatic rings. The van der Waals surface area contributed by atoms with Gasteiger partial charge in [0.15, 0.2) is 34.8 Å². The summed E-state index contributed by atoms with van der Waals surface area (Å²) in [5.41, 5.74) is 9.95. The van der Waals surface area contributed by atoms with Gasteiger partial charge in [-0.3, -0.25) is 0 Å². The van der Waals surface area contributed by atoms with Crippen molar-refractivity contribution in [1.82, 2.24) is 9.13 Å². The van der Waals surface area contributed by atoms with Crippen LogP contribution in [0, 0.1) is 43.0 Å². The molecule has 0 saturated heterocycles. The van der Waals surface area contributed by atoms with Crippen molar-refractivity contribution in [3.8, 4) is 55.3 Å². The molecule has 374 valence electrons. The van der Waals surface area contributed by atoms with Crippen LogP contribution in [0.3, 0.4) is 0 Å². The monoisotopic (exact) mass is 1020 g/mol. The first-order valence-electron chi connectivity index (χ1n) is 25.3. The molecule has 4 aromatic heterocycles. The number of aromatic hydroxyl groups is 2.